The monoisotopic (exact) mass is 460 g/mol. The second-order valence-electron chi connectivity index (χ2n) is 9.99. The number of carbonyl (C=O) groups is 2. The highest BCUT2D eigenvalue weighted by molar-refractivity contribution is 6.30. The number of nitrogens with zero attached hydrogens (tertiary/aromatic N) is 1. The van der Waals surface area contributed by atoms with Crippen molar-refractivity contribution in [3.05, 3.63) is 51.8 Å². The summed E-state index contributed by atoms with van der Waals surface area (Å²) in [5, 5.41) is 13.4. The Bertz CT molecular complexity index is 987. The Morgan fingerprint density at radius 3 is 2.12 bits per heavy atom. The first-order chi connectivity index (χ1) is 14.7. The average molecular weight is 461 g/mol. The third-order valence-corrected chi connectivity index (χ3v) is 4.90. The van der Waals surface area contributed by atoms with Gasteiger partial charge in [-0.3, -0.25) is 4.98 Å². The van der Waals surface area contributed by atoms with Crippen molar-refractivity contribution in [3.63, 3.8) is 0 Å². The molecule has 0 unspecified atom stereocenters. The predicted molar refractivity (Wildman–Crippen MR) is 127 cm³/mol. The molecule has 0 atom stereocenters. The molecule has 0 aliphatic carbocycles. The van der Waals surface area contributed by atoms with Crippen LogP contribution in [0.4, 0.5) is 4.79 Å². The zero-order valence-corrected chi connectivity index (χ0v) is 20.7. The molecule has 1 aromatic carbocycles. The Hall–Kier alpha value is -2.60. The third-order valence-electron chi connectivity index (χ3n) is 4.65. The molecule has 0 fully saturated rings. The van der Waals surface area contributed by atoms with E-state index in [-0.39, 0.29) is 17.5 Å². The van der Waals surface area contributed by atoms with Gasteiger partial charge in [0.25, 0.3) is 0 Å². The molecule has 0 saturated carbocycles. The van der Waals surface area contributed by atoms with Gasteiger partial charge in [0.1, 0.15) is 5.60 Å². The highest BCUT2D eigenvalue weighted by atomic mass is 35.5. The zero-order chi connectivity index (χ0) is 24.3. The number of amides is 1. The second kappa shape index (κ2) is 9.90. The van der Waals surface area contributed by atoms with Crippen LogP contribution in [0.1, 0.15) is 75.8 Å². The number of hydrogen-bond acceptors (Lipinski definition) is 4. The van der Waals surface area contributed by atoms with Crippen molar-refractivity contribution in [1.82, 2.24) is 10.3 Å². The van der Waals surface area contributed by atoms with Crippen molar-refractivity contribution in [3.8, 4) is 11.1 Å². The molecule has 0 bridgehead atoms. The summed E-state index contributed by atoms with van der Waals surface area (Å²) in [6, 6.07) is 7.04. The first-order valence-electron chi connectivity index (χ1n) is 10.7. The maximum Gasteiger partial charge on any atom is 0.407 e. The van der Waals surface area contributed by atoms with Gasteiger partial charge in [-0.05, 0) is 56.7 Å². The van der Waals surface area contributed by atoms with E-state index in [2.05, 4.69) is 26.1 Å². The summed E-state index contributed by atoms with van der Waals surface area (Å²) in [4.78, 5) is 29.5. The molecule has 0 aliphatic rings. The molecule has 174 valence electrons. The van der Waals surface area contributed by atoms with Gasteiger partial charge in [-0.15, -0.1) is 0 Å². The lowest BCUT2D eigenvalue weighted by Crippen LogP contribution is -2.33. The first-order valence-corrected chi connectivity index (χ1v) is 11.1. The van der Waals surface area contributed by atoms with Crippen molar-refractivity contribution in [2.24, 2.45) is 5.41 Å². The van der Waals surface area contributed by atoms with Gasteiger partial charge in [-0.25, -0.2) is 9.59 Å². The Morgan fingerprint density at radius 2 is 1.66 bits per heavy atom. The number of alkyl carbamates (subject to hydrolysis) is 1. The minimum atomic E-state index is -1.06. The number of nitrogens with one attached hydrogen (secondary N) is 1. The van der Waals surface area contributed by atoms with Gasteiger partial charge in [-0.2, -0.15) is 0 Å². The number of ether oxygens (including phenoxy) is 1. The fraction of sp³-hybridized carbons (Fsp3) is 0.480. The predicted octanol–water partition coefficient (Wildman–Crippen LogP) is 6.28. The fourth-order valence-corrected chi connectivity index (χ4v) is 3.59. The van der Waals surface area contributed by atoms with Crippen molar-refractivity contribution < 1.29 is 19.4 Å². The Balaban J connectivity index is 2.74. The number of carbonyl (C=O) groups excluding carboxylic acids is 1. The summed E-state index contributed by atoms with van der Waals surface area (Å²) in [5.74, 6) is -1.06. The molecule has 7 heteroatoms. The highest BCUT2D eigenvalue weighted by Gasteiger charge is 2.27. The van der Waals surface area contributed by atoms with Crippen LogP contribution in [0.3, 0.4) is 0 Å². The SMILES string of the molecule is CCc1nc(CC(C)(C)C)c(CNC(=O)OC(C)(C)C)c(-c2ccc(Cl)cc2)c1C(=O)O. The molecule has 1 amide bonds. The molecule has 2 rings (SSSR count). The van der Waals surface area contributed by atoms with Crippen molar-refractivity contribution in [2.75, 3.05) is 0 Å². The lowest BCUT2D eigenvalue weighted by atomic mass is 9.84. The number of aromatic carboxylic acids is 1. The lowest BCUT2D eigenvalue weighted by Gasteiger charge is -2.25. The van der Waals surface area contributed by atoms with Crippen LogP contribution in [0.2, 0.25) is 5.02 Å². The van der Waals surface area contributed by atoms with E-state index < -0.39 is 17.7 Å². The Kier molecular flexibility index (Phi) is 7.94. The molecule has 2 N–H and O–H groups in total. The number of rotatable bonds is 6. The fourth-order valence-electron chi connectivity index (χ4n) is 3.46. The molecule has 32 heavy (non-hydrogen) atoms. The first kappa shape index (κ1) is 25.7. The van der Waals surface area contributed by atoms with Crippen LogP contribution in [0.25, 0.3) is 11.1 Å². The number of halogens is 1. The van der Waals surface area contributed by atoms with Crippen molar-refractivity contribution >= 4 is 23.7 Å². The molecule has 0 saturated heterocycles. The van der Waals surface area contributed by atoms with E-state index in [0.717, 1.165) is 5.69 Å². The molecule has 2 aromatic rings. The summed E-state index contributed by atoms with van der Waals surface area (Å²) in [7, 11) is 0. The average Bonchev–Trinajstić information content (AvgIpc) is 2.63. The topological polar surface area (TPSA) is 88.5 Å². The molecular weight excluding hydrogens is 428 g/mol. The van der Waals surface area contributed by atoms with E-state index in [9.17, 15) is 14.7 Å². The van der Waals surface area contributed by atoms with Gasteiger partial charge >= 0.3 is 12.1 Å². The van der Waals surface area contributed by atoms with E-state index in [1.807, 2.05) is 6.92 Å². The quantitative estimate of drug-likeness (QED) is 0.529. The van der Waals surface area contributed by atoms with Crippen LogP contribution in [0.15, 0.2) is 24.3 Å². The Morgan fingerprint density at radius 1 is 1.06 bits per heavy atom. The van der Waals surface area contributed by atoms with E-state index in [4.69, 9.17) is 21.3 Å². The number of aromatic nitrogens is 1. The summed E-state index contributed by atoms with van der Waals surface area (Å²) in [6.45, 7) is 13.6. The van der Waals surface area contributed by atoms with Gasteiger partial charge < -0.3 is 15.2 Å². The summed E-state index contributed by atoms with van der Waals surface area (Å²) in [5.41, 5.74) is 2.62. The number of carboxylic acids is 1. The summed E-state index contributed by atoms with van der Waals surface area (Å²) < 4.78 is 5.38. The molecule has 1 heterocycles. The van der Waals surface area contributed by atoms with Crippen LogP contribution in [0.5, 0.6) is 0 Å². The number of aryl methyl sites for hydroxylation is 1. The molecular formula is C25H33ClN2O4. The van der Waals surface area contributed by atoms with E-state index in [0.29, 0.717) is 40.2 Å². The van der Waals surface area contributed by atoms with Crippen LogP contribution in [-0.2, 0) is 24.1 Å². The highest BCUT2D eigenvalue weighted by Crippen LogP contribution is 2.35. The largest absolute Gasteiger partial charge is 0.478 e. The van der Waals surface area contributed by atoms with Gasteiger partial charge in [0, 0.05) is 28.4 Å². The van der Waals surface area contributed by atoms with Crippen LogP contribution >= 0.6 is 11.6 Å². The summed E-state index contributed by atoms with van der Waals surface area (Å²) in [6.07, 6.45) is 0.517. The van der Waals surface area contributed by atoms with Crippen LogP contribution in [0, 0.1) is 5.41 Å². The minimum absolute atomic E-state index is 0.0928. The zero-order valence-electron chi connectivity index (χ0n) is 19.9. The van der Waals surface area contributed by atoms with Gasteiger partial charge in [-0.1, -0.05) is 51.4 Å². The number of benzene rings is 1. The molecule has 0 aliphatic heterocycles. The Labute approximate surface area is 195 Å². The van der Waals surface area contributed by atoms with Crippen LogP contribution in [-0.4, -0.2) is 27.8 Å². The molecule has 0 radical (unpaired) electrons. The molecule has 6 nitrogen and oxygen atoms in total. The van der Waals surface area contributed by atoms with Gasteiger partial charge in [0.15, 0.2) is 0 Å². The number of carboxylic acid groups (broad SMARTS) is 1. The van der Waals surface area contributed by atoms with E-state index in [1.165, 1.54) is 0 Å². The number of hydrogen-bond donors (Lipinski definition) is 2. The second-order valence-corrected chi connectivity index (χ2v) is 10.4. The molecule has 1 aromatic heterocycles. The van der Waals surface area contributed by atoms with Crippen molar-refractivity contribution in [2.45, 2.75) is 73.5 Å². The molecule has 0 spiro atoms. The smallest absolute Gasteiger partial charge is 0.407 e. The van der Waals surface area contributed by atoms with E-state index in [1.54, 1.807) is 45.0 Å². The third kappa shape index (κ3) is 6.95. The number of pyridine rings is 1. The maximum absolute atomic E-state index is 12.4. The van der Waals surface area contributed by atoms with E-state index >= 15 is 0 Å². The summed E-state index contributed by atoms with van der Waals surface area (Å²) >= 11 is 6.08. The van der Waals surface area contributed by atoms with Crippen molar-refractivity contribution in [1.29, 1.82) is 0 Å². The normalized spacial score (nSPS) is 11.9. The van der Waals surface area contributed by atoms with Crippen LogP contribution < -0.4 is 5.32 Å². The minimum Gasteiger partial charge on any atom is -0.478 e. The standard InChI is InChI=1S/C25H33ClN2O4/c1-8-18-21(22(29)30)20(15-9-11-16(26)12-10-15)17(19(28-18)13-24(2,3)4)14-27-23(31)32-25(5,6)7/h9-12H,8,13-14H2,1-7H3,(H,27,31)(H,29,30). The van der Waals surface area contributed by atoms with Gasteiger partial charge in [0.05, 0.1) is 11.3 Å². The lowest BCUT2D eigenvalue weighted by molar-refractivity contribution is 0.0523. The maximum atomic E-state index is 12.4. The van der Waals surface area contributed by atoms with Gasteiger partial charge in [0.2, 0.25) is 0 Å².